The Morgan fingerprint density at radius 3 is 2.87 bits per heavy atom. The van der Waals surface area contributed by atoms with Crippen LogP contribution in [0.2, 0.25) is 5.28 Å². The smallest absolute Gasteiger partial charge is 0.359 e. The number of hydrogen-bond donors (Lipinski definition) is 1. The van der Waals surface area contributed by atoms with Gasteiger partial charge in [0.25, 0.3) is 0 Å². The number of halogens is 1. The van der Waals surface area contributed by atoms with Crippen molar-refractivity contribution in [1.29, 1.82) is 0 Å². The van der Waals surface area contributed by atoms with E-state index in [1.165, 1.54) is 0 Å². The number of rotatable bonds is 3. The maximum atomic E-state index is 11.5. The van der Waals surface area contributed by atoms with Gasteiger partial charge in [-0.1, -0.05) is 0 Å². The van der Waals surface area contributed by atoms with E-state index in [4.69, 9.17) is 16.3 Å². The van der Waals surface area contributed by atoms with Crippen LogP contribution in [0.15, 0.2) is 0 Å². The molecule has 1 N–H and O–H groups in total. The first-order valence-electron chi connectivity index (χ1n) is 4.62. The van der Waals surface area contributed by atoms with E-state index in [1.807, 2.05) is 0 Å². The first-order chi connectivity index (χ1) is 7.20. The van der Waals surface area contributed by atoms with Crippen LogP contribution < -0.4 is 0 Å². The molecule has 0 aromatic carbocycles. The van der Waals surface area contributed by atoms with Gasteiger partial charge in [0.05, 0.1) is 0 Å². The Morgan fingerprint density at radius 1 is 1.60 bits per heavy atom. The standard InChI is InChI=1S/C9H9ClN2O3/c10-9-11-6(4-13)7(12-9)8(14)15-5-2-1-3-5/h4-5H,1-3H2,(H,11,12). The van der Waals surface area contributed by atoms with Crippen molar-refractivity contribution in [3.63, 3.8) is 0 Å². The normalized spacial score (nSPS) is 15.8. The number of aromatic nitrogens is 2. The molecule has 1 fully saturated rings. The van der Waals surface area contributed by atoms with Crippen LogP contribution >= 0.6 is 11.6 Å². The summed E-state index contributed by atoms with van der Waals surface area (Å²) in [5, 5.41) is 0.0117. The first-order valence-corrected chi connectivity index (χ1v) is 5.00. The largest absolute Gasteiger partial charge is 0.458 e. The van der Waals surface area contributed by atoms with Crippen LogP contribution in [0, 0.1) is 0 Å². The molecule has 0 radical (unpaired) electrons. The molecule has 0 saturated heterocycles. The number of imidazole rings is 1. The number of aromatic amines is 1. The lowest BCUT2D eigenvalue weighted by molar-refractivity contribution is 0.00831. The summed E-state index contributed by atoms with van der Waals surface area (Å²) in [5.41, 5.74) is 0.0197. The summed E-state index contributed by atoms with van der Waals surface area (Å²) < 4.78 is 5.09. The number of aldehydes is 1. The zero-order valence-electron chi connectivity index (χ0n) is 7.83. The molecule has 1 heterocycles. The molecule has 1 aromatic heterocycles. The van der Waals surface area contributed by atoms with Gasteiger partial charge in [0.15, 0.2) is 12.0 Å². The molecule has 15 heavy (non-hydrogen) atoms. The van der Waals surface area contributed by atoms with E-state index < -0.39 is 5.97 Å². The van der Waals surface area contributed by atoms with Gasteiger partial charge in [-0.25, -0.2) is 9.78 Å². The van der Waals surface area contributed by atoms with Crippen LogP contribution in [0.1, 0.15) is 40.2 Å². The van der Waals surface area contributed by atoms with Gasteiger partial charge in [0, 0.05) is 0 Å². The molecule has 6 heteroatoms. The zero-order valence-corrected chi connectivity index (χ0v) is 8.58. The van der Waals surface area contributed by atoms with E-state index in [9.17, 15) is 9.59 Å². The molecule has 2 rings (SSSR count). The van der Waals surface area contributed by atoms with Gasteiger partial charge >= 0.3 is 5.97 Å². The van der Waals surface area contributed by atoms with Crippen molar-refractivity contribution in [1.82, 2.24) is 9.97 Å². The summed E-state index contributed by atoms with van der Waals surface area (Å²) in [5.74, 6) is -0.593. The van der Waals surface area contributed by atoms with Gasteiger partial charge in [0.1, 0.15) is 11.8 Å². The van der Waals surface area contributed by atoms with Crippen LogP contribution in [0.5, 0.6) is 0 Å². The van der Waals surface area contributed by atoms with Gasteiger partial charge in [-0.2, -0.15) is 0 Å². The first kappa shape index (κ1) is 10.2. The van der Waals surface area contributed by atoms with E-state index in [2.05, 4.69) is 9.97 Å². The molecule has 1 aliphatic carbocycles. The monoisotopic (exact) mass is 228 g/mol. The Bertz CT molecular complexity index is 398. The molecular formula is C9H9ClN2O3. The lowest BCUT2D eigenvalue weighted by atomic mass is 9.96. The van der Waals surface area contributed by atoms with Gasteiger partial charge < -0.3 is 9.72 Å². The fourth-order valence-electron chi connectivity index (χ4n) is 1.29. The number of carbonyl (C=O) groups is 2. The summed E-state index contributed by atoms with van der Waals surface area (Å²) in [6.45, 7) is 0. The van der Waals surface area contributed by atoms with Crippen LogP contribution in [0.3, 0.4) is 0 Å². The SMILES string of the molecule is O=Cc1[nH]c(Cl)nc1C(=O)OC1CCC1. The number of nitrogens with zero attached hydrogens (tertiary/aromatic N) is 1. The molecule has 0 bridgehead atoms. The van der Waals surface area contributed by atoms with Crippen LogP contribution in [-0.4, -0.2) is 28.3 Å². The van der Waals surface area contributed by atoms with Gasteiger partial charge in [-0.05, 0) is 30.9 Å². The Morgan fingerprint density at radius 2 is 2.33 bits per heavy atom. The van der Waals surface area contributed by atoms with Crippen molar-refractivity contribution in [3.05, 3.63) is 16.7 Å². The predicted molar refractivity (Wildman–Crippen MR) is 52.0 cm³/mol. The van der Waals surface area contributed by atoms with E-state index in [1.54, 1.807) is 0 Å². The van der Waals surface area contributed by atoms with Crippen molar-refractivity contribution in [2.45, 2.75) is 25.4 Å². The summed E-state index contributed by atoms with van der Waals surface area (Å²) in [6.07, 6.45) is 3.28. The van der Waals surface area contributed by atoms with Crippen molar-refractivity contribution >= 4 is 23.9 Å². The number of esters is 1. The van der Waals surface area contributed by atoms with Gasteiger partial charge in [-0.3, -0.25) is 4.79 Å². The van der Waals surface area contributed by atoms with Crippen molar-refractivity contribution in [3.8, 4) is 0 Å². The summed E-state index contributed by atoms with van der Waals surface area (Å²) in [4.78, 5) is 28.3. The Balaban J connectivity index is 2.12. The van der Waals surface area contributed by atoms with Crippen molar-refractivity contribution in [2.24, 2.45) is 0 Å². The minimum atomic E-state index is -0.593. The number of H-pyrrole nitrogens is 1. The topological polar surface area (TPSA) is 72.0 Å². The Hall–Kier alpha value is -1.36. The summed E-state index contributed by atoms with van der Waals surface area (Å²) >= 11 is 5.54. The fraction of sp³-hybridized carbons (Fsp3) is 0.444. The van der Waals surface area contributed by atoms with Crippen LogP contribution in [-0.2, 0) is 4.74 Å². The average Bonchev–Trinajstić information content (AvgIpc) is 2.53. The lowest BCUT2D eigenvalue weighted by Crippen LogP contribution is -2.25. The van der Waals surface area contributed by atoms with E-state index in [-0.39, 0.29) is 22.8 Å². The lowest BCUT2D eigenvalue weighted by Gasteiger charge is -2.24. The predicted octanol–water partition coefficient (Wildman–Crippen LogP) is 1.58. The van der Waals surface area contributed by atoms with Crippen LogP contribution in [0.25, 0.3) is 0 Å². The Kier molecular flexibility index (Phi) is 2.73. The quantitative estimate of drug-likeness (QED) is 0.630. The zero-order chi connectivity index (χ0) is 10.8. The molecule has 0 spiro atoms. The minimum Gasteiger partial charge on any atom is -0.458 e. The summed E-state index contributed by atoms with van der Waals surface area (Å²) in [7, 11) is 0. The number of ether oxygens (including phenoxy) is 1. The molecule has 0 unspecified atom stereocenters. The van der Waals surface area contributed by atoms with Crippen molar-refractivity contribution in [2.75, 3.05) is 0 Å². The highest BCUT2D eigenvalue weighted by Gasteiger charge is 2.25. The molecule has 80 valence electrons. The Labute approximate surface area is 90.8 Å². The second-order valence-electron chi connectivity index (χ2n) is 3.37. The third-order valence-electron chi connectivity index (χ3n) is 2.34. The van der Waals surface area contributed by atoms with Crippen molar-refractivity contribution < 1.29 is 14.3 Å². The summed E-state index contributed by atoms with van der Waals surface area (Å²) in [6, 6.07) is 0. The highest BCUT2D eigenvalue weighted by molar-refractivity contribution is 6.28. The number of carbonyl (C=O) groups excluding carboxylic acids is 2. The van der Waals surface area contributed by atoms with E-state index >= 15 is 0 Å². The van der Waals surface area contributed by atoms with E-state index in [0.29, 0.717) is 6.29 Å². The molecular weight excluding hydrogens is 220 g/mol. The molecule has 0 atom stereocenters. The maximum Gasteiger partial charge on any atom is 0.359 e. The fourth-order valence-corrected chi connectivity index (χ4v) is 1.48. The highest BCUT2D eigenvalue weighted by Crippen LogP contribution is 2.23. The van der Waals surface area contributed by atoms with Gasteiger partial charge in [0.2, 0.25) is 5.28 Å². The average molecular weight is 229 g/mol. The molecule has 5 nitrogen and oxygen atoms in total. The van der Waals surface area contributed by atoms with Crippen LogP contribution in [0.4, 0.5) is 0 Å². The second kappa shape index (κ2) is 4.02. The second-order valence-corrected chi connectivity index (χ2v) is 3.72. The minimum absolute atomic E-state index is 0.0117. The maximum absolute atomic E-state index is 11.5. The number of nitrogens with one attached hydrogen (secondary N) is 1. The third kappa shape index (κ3) is 2.02. The molecule has 1 aromatic rings. The molecule has 1 saturated carbocycles. The number of hydrogen-bond acceptors (Lipinski definition) is 4. The van der Waals surface area contributed by atoms with E-state index in [0.717, 1.165) is 19.3 Å². The molecule has 1 aliphatic rings. The molecule has 0 amide bonds. The third-order valence-corrected chi connectivity index (χ3v) is 2.52. The van der Waals surface area contributed by atoms with Gasteiger partial charge in [-0.15, -0.1) is 0 Å². The highest BCUT2D eigenvalue weighted by atomic mass is 35.5. The molecule has 0 aliphatic heterocycles.